The van der Waals surface area contributed by atoms with E-state index in [1.54, 1.807) is 4.90 Å². The van der Waals surface area contributed by atoms with E-state index in [2.05, 4.69) is 22.0 Å². The third-order valence-corrected chi connectivity index (χ3v) is 7.48. The number of methoxy groups -OCH3 is 1. The summed E-state index contributed by atoms with van der Waals surface area (Å²) >= 11 is 0. The highest BCUT2D eigenvalue weighted by Gasteiger charge is 2.34. The Balaban J connectivity index is 1.60. The van der Waals surface area contributed by atoms with Crippen LogP contribution in [0.1, 0.15) is 56.2 Å². The van der Waals surface area contributed by atoms with Crippen LogP contribution in [0.2, 0.25) is 0 Å². The lowest BCUT2D eigenvalue weighted by Gasteiger charge is -2.34. The molecule has 1 saturated carbocycles. The molecule has 0 saturated heterocycles. The first-order chi connectivity index (χ1) is 17.0. The predicted molar refractivity (Wildman–Crippen MR) is 135 cm³/mol. The number of aromatic nitrogens is 2. The van der Waals surface area contributed by atoms with Crippen LogP contribution in [0.3, 0.4) is 0 Å². The number of amides is 1. The highest BCUT2D eigenvalue weighted by atomic mass is 16.5. The minimum Gasteiger partial charge on any atom is -0.481 e. The molecular formula is C27H32N4O4. The van der Waals surface area contributed by atoms with Gasteiger partial charge in [-0.1, -0.05) is 36.8 Å². The molecule has 2 aromatic carbocycles. The van der Waals surface area contributed by atoms with Crippen LogP contribution in [0.25, 0.3) is 11.0 Å². The Morgan fingerprint density at radius 1 is 1.14 bits per heavy atom. The fourth-order valence-electron chi connectivity index (χ4n) is 5.67. The van der Waals surface area contributed by atoms with Crippen LogP contribution in [0, 0.1) is 5.92 Å². The fraction of sp³-hybridized carbons (Fsp3) is 0.444. The Labute approximate surface area is 204 Å². The minimum absolute atomic E-state index is 0.0415. The van der Waals surface area contributed by atoms with Crippen molar-refractivity contribution in [3.63, 3.8) is 0 Å². The molecule has 5 rings (SSSR count). The summed E-state index contributed by atoms with van der Waals surface area (Å²) in [6, 6.07) is 14.2. The van der Waals surface area contributed by atoms with E-state index >= 15 is 0 Å². The van der Waals surface area contributed by atoms with Gasteiger partial charge in [0.05, 0.1) is 29.7 Å². The molecule has 1 aromatic heterocycles. The summed E-state index contributed by atoms with van der Waals surface area (Å²) in [6.07, 6.45) is 4.37. The molecule has 1 fully saturated rings. The molecule has 8 heteroatoms. The lowest BCUT2D eigenvalue weighted by Crippen LogP contribution is -2.42. The molecule has 1 amide bonds. The Morgan fingerprint density at radius 3 is 2.69 bits per heavy atom. The number of rotatable bonds is 5. The molecule has 2 heterocycles. The SMILES string of the molecule is COC(=O)N1c2ccc3c(nc(NCc4ccccc4)n3[C@@H]3CCC[C@@H](C(=O)O)C3)c2CCC1C. The summed E-state index contributed by atoms with van der Waals surface area (Å²) in [5.41, 5.74) is 4.88. The molecule has 2 aliphatic rings. The molecule has 1 unspecified atom stereocenters. The number of hydrogen-bond acceptors (Lipinski definition) is 5. The summed E-state index contributed by atoms with van der Waals surface area (Å²) in [7, 11) is 1.41. The van der Waals surface area contributed by atoms with Gasteiger partial charge in [-0.3, -0.25) is 9.69 Å². The van der Waals surface area contributed by atoms with Crippen LogP contribution in [-0.4, -0.2) is 39.9 Å². The fourth-order valence-corrected chi connectivity index (χ4v) is 5.67. The molecule has 0 spiro atoms. The molecule has 1 aliphatic carbocycles. The molecule has 0 bridgehead atoms. The van der Waals surface area contributed by atoms with Crippen molar-refractivity contribution in [2.45, 2.75) is 64.1 Å². The largest absolute Gasteiger partial charge is 0.481 e. The van der Waals surface area contributed by atoms with Crippen molar-refractivity contribution in [2.75, 3.05) is 17.3 Å². The van der Waals surface area contributed by atoms with E-state index in [1.165, 1.54) is 7.11 Å². The number of fused-ring (bicyclic) bond motifs is 3. The number of nitrogens with one attached hydrogen (secondary N) is 1. The molecule has 184 valence electrons. The highest BCUT2D eigenvalue weighted by Crippen LogP contribution is 2.41. The number of hydrogen-bond donors (Lipinski definition) is 2. The maximum absolute atomic E-state index is 12.6. The van der Waals surface area contributed by atoms with Gasteiger partial charge in [0.2, 0.25) is 5.95 Å². The van der Waals surface area contributed by atoms with Gasteiger partial charge in [-0.05, 0) is 56.7 Å². The van der Waals surface area contributed by atoms with E-state index in [-0.39, 0.29) is 24.1 Å². The summed E-state index contributed by atoms with van der Waals surface area (Å²) < 4.78 is 7.27. The predicted octanol–water partition coefficient (Wildman–Crippen LogP) is 5.37. The quantitative estimate of drug-likeness (QED) is 0.514. The maximum Gasteiger partial charge on any atom is 0.414 e. The van der Waals surface area contributed by atoms with E-state index in [0.29, 0.717) is 19.4 Å². The molecule has 0 radical (unpaired) electrons. The monoisotopic (exact) mass is 476 g/mol. The van der Waals surface area contributed by atoms with Crippen LogP contribution in [0.15, 0.2) is 42.5 Å². The van der Waals surface area contributed by atoms with Crippen LogP contribution in [-0.2, 0) is 22.5 Å². The third kappa shape index (κ3) is 4.33. The Morgan fingerprint density at radius 2 is 1.94 bits per heavy atom. The zero-order valence-electron chi connectivity index (χ0n) is 20.2. The Kier molecular flexibility index (Phi) is 6.36. The van der Waals surface area contributed by atoms with Crippen LogP contribution < -0.4 is 10.2 Å². The first-order valence-electron chi connectivity index (χ1n) is 12.4. The van der Waals surface area contributed by atoms with Crippen molar-refractivity contribution in [3.05, 3.63) is 53.6 Å². The number of aryl methyl sites for hydroxylation is 1. The zero-order chi connectivity index (χ0) is 24.5. The normalized spacial score (nSPS) is 22.0. The second kappa shape index (κ2) is 9.60. The number of imidazole rings is 1. The highest BCUT2D eigenvalue weighted by molar-refractivity contribution is 5.96. The van der Waals surface area contributed by atoms with Crippen LogP contribution >= 0.6 is 0 Å². The molecule has 1 aliphatic heterocycles. The number of benzene rings is 2. The number of carbonyl (C=O) groups is 2. The zero-order valence-corrected chi connectivity index (χ0v) is 20.2. The summed E-state index contributed by atoms with van der Waals surface area (Å²) in [5.74, 6) is -0.323. The average molecular weight is 477 g/mol. The van der Waals surface area contributed by atoms with Gasteiger partial charge in [0, 0.05) is 24.2 Å². The topological polar surface area (TPSA) is 96.7 Å². The number of anilines is 2. The van der Waals surface area contributed by atoms with E-state index in [1.807, 2.05) is 37.3 Å². The van der Waals surface area contributed by atoms with Crippen LogP contribution in [0.4, 0.5) is 16.4 Å². The summed E-state index contributed by atoms with van der Waals surface area (Å²) in [4.78, 5) is 31.1. The maximum atomic E-state index is 12.6. The number of nitrogens with zero attached hydrogens (tertiary/aromatic N) is 3. The molecule has 2 N–H and O–H groups in total. The first-order valence-corrected chi connectivity index (χ1v) is 12.4. The number of ether oxygens (including phenoxy) is 1. The number of carboxylic acids is 1. The lowest BCUT2D eigenvalue weighted by molar-refractivity contribution is -0.143. The summed E-state index contributed by atoms with van der Waals surface area (Å²) in [6.45, 7) is 2.65. The van der Waals surface area contributed by atoms with Gasteiger partial charge >= 0.3 is 12.1 Å². The Hall–Kier alpha value is -3.55. The van der Waals surface area contributed by atoms with E-state index < -0.39 is 5.97 Å². The van der Waals surface area contributed by atoms with Gasteiger partial charge in [0.1, 0.15) is 0 Å². The molecule has 8 nitrogen and oxygen atoms in total. The standard InChI is InChI=1S/C27H32N4O4/c1-17-11-12-21-22(30(17)27(34)35-2)13-14-23-24(21)29-26(28-16-18-7-4-3-5-8-18)31(23)20-10-6-9-19(15-20)25(32)33/h3-5,7-8,13-14,17,19-20H,6,9-12,15-16H2,1-2H3,(H,28,29)(H,32,33)/t17?,19-,20-/m1/s1. The van der Waals surface area contributed by atoms with Crippen molar-refractivity contribution >= 4 is 34.7 Å². The number of carbonyl (C=O) groups excluding carboxylic acids is 1. The van der Waals surface area contributed by atoms with Gasteiger partial charge < -0.3 is 19.7 Å². The van der Waals surface area contributed by atoms with Crippen molar-refractivity contribution in [2.24, 2.45) is 5.92 Å². The molecule has 3 aromatic rings. The van der Waals surface area contributed by atoms with Crippen molar-refractivity contribution in [1.29, 1.82) is 0 Å². The van der Waals surface area contributed by atoms with Gasteiger partial charge in [0.15, 0.2) is 0 Å². The lowest BCUT2D eigenvalue weighted by atomic mass is 9.85. The second-order valence-electron chi connectivity index (χ2n) is 9.66. The molecular weight excluding hydrogens is 444 g/mol. The van der Waals surface area contributed by atoms with Crippen LogP contribution in [0.5, 0.6) is 0 Å². The minimum atomic E-state index is -0.724. The number of carboxylic acid groups (broad SMARTS) is 1. The van der Waals surface area contributed by atoms with E-state index in [0.717, 1.165) is 59.5 Å². The van der Waals surface area contributed by atoms with Crippen molar-refractivity contribution in [3.8, 4) is 0 Å². The first kappa shape index (κ1) is 23.2. The number of aliphatic carboxylic acids is 1. The second-order valence-corrected chi connectivity index (χ2v) is 9.66. The van der Waals surface area contributed by atoms with Crippen molar-refractivity contribution in [1.82, 2.24) is 9.55 Å². The van der Waals surface area contributed by atoms with Gasteiger partial charge in [-0.2, -0.15) is 0 Å². The smallest absolute Gasteiger partial charge is 0.414 e. The summed E-state index contributed by atoms with van der Waals surface area (Å²) in [5, 5.41) is 13.2. The Bertz CT molecular complexity index is 1240. The average Bonchev–Trinajstić information content (AvgIpc) is 3.26. The molecule has 3 atom stereocenters. The third-order valence-electron chi connectivity index (χ3n) is 7.48. The van der Waals surface area contributed by atoms with Crippen molar-refractivity contribution < 1.29 is 19.4 Å². The van der Waals surface area contributed by atoms with E-state index in [9.17, 15) is 14.7 Å². The van der Waals surface area contributed by atoms with Gasteiger partial charge in [0.25, 0.3) is 0 Å². The molecule has 35 heavy (non-hydrogen) atoms. The van der Waals surface area contributed by atoms with Gasteiger partial charge in [-0.25, -0.2) is 9.78 Å². The van der Waals surface area contributed by atoms with Gasteiger partial charge in [-0.15, -0.1) is 0 Å². The van der Waals surface area contributed by atoms with E-state index in [4.69, 9.17) is 9.72 Å².